The lowest BCUT2D eigenvalue weighted by Gasteiger charge is -2.12. The highest BCUT2D eigenvalue weighted by Gasteiger charge is 2.11. The van der Waals surface area contributed by atoms with E-state index in [4.69, 9.17) is 4.74 Å². The fourth-order valence-corrected chi connectivity index (χ4v) is 4.15. The number of aromatic nitrogens is 2. The van der Waals surface area contributed by atoms with Crippen molar-refractivity contribution in [2.24, 2.45) is 5.10 Å². The molecule has 34 heavy (non-hydrogen) atoms. The van der Waals surface area contributed by atoms with Crippen LogP contribution in [0.4, 0.5) is 4.39 Å². The molecule has 7 heteroatoms. The van der Waals surface area contributed by atoms with Crippen molar-refractivity contribution in [2.45, 2.75) is 13.5 Å². The lowest BCUT2D eigenvalue weighted by Crippen LogP contribution is -2.20. The summed E-state index contributed by atoms with van der Waals surface area (Å²) in [4.78, 5) is 17.7. The molecule has 5 rings (SSSR count). The van der Waals surface area contributed by atoms with E-state index < -0.39 is 0 Å². The zero-order valence-corrected chi connectivity index (χ0v) is 19.8. The molecule has 0 spiro atoms. The molecule has 0 radical (unpaired) electrons. The van der Waals surface area contributed by atoms with Crippen molar-refractivity contribution < 1.29 is 9.13 Å². The minimum atomic E-state index is -0.292. The molecule has 5 aromatic rings. The summed E-state index contributed by atoms with van der Waals surface area (Å²) in [5.74, 6) is 0.790. The Labute approximate surface area is 203 Å². The fourth-order valence-electron chi connectivity index (χ4n) is 3.79. The predicted molar refractivity (Wildman–Crippen MR) is 136 cm³/mol. The van der Waals surface area contributed by atoms with Crippen LogP contribution in [0.15, 0.2) is 93.2 Å². The van der Waals surface area contributed by atoms with Gasteiger partial charge in [-0.05, 0) is 59.7 Å². The second kappa shape index (κ2) is 9.19. The largest absolute Gasteiger partial charge is 0.488 e. The van der Waals surface area contributed by atoms with Gasteiger partial charge >= 0.3 is 0 Å². The van der Waals surface area contributed by atoms with Gasteiger partial charge in [0.05, 0.1) is 17.1 Å². The van der Waals surface area contributed by atoms with Crippen LogP contribution in [0.2, 0.25) is 0 Å². The summed E-state index contributed by atoms with van der Waals surface area (Å²) in [6, 6.07) is 23.3. The first-order chi connectivity index (χ1) is 16.5. The van der Waals surface area contributed by atoms with E-state index in [1.165, 1.54) is 16.8 Å². The maximum Gasteiger partial charge on any atom is 0.282 e. The Morgan fingerprint density at radius 1 is 1.03 bits per heavy atom. The highest BCUT2D eigenvalue weighted by molar-refractivity contribution is 9.10. The molecule has 0 N–H and O–H groups in total. The van der Waals surface area contributed by atoms with Crippen LogP contribution in [0.3, 0.4) is 0 Å². The summed E-state index contributed by atoms with van der Waals surface area (Å²) in [7, 11) is 0. The van der Waals surface area contributed by atoms with Gasteiger partial charge in [0.1, 0.15) is 24.0 Å². The first-order valence-corrected chi connectivity index (χ1v) is 11.4. The van der Waals surface area contributed by atoms with E-state index in [1.54, 1.807) is 37.4 Å². The summed E-state index contributed by atoms with van der Waals surface area (Å²) < 4.78 is 21.4. The van der Waals surface area contributed by atoms with Crippen molar-refractivity contribution in [3.8, 4) is 5.75 Å². The molecule has 0 bridgehead atoms. The number of aryl methyl sites for hydroxylation is 1. The number of benzene rings is 4. The van der Waals surface area contributed by atoms with Crippen LogP contribution < -0.4 is 10.3 Å². The average Bonchev–Trinajstić information content (AvgIpc) is 2.84. The molecular formula is C27H19BrFN3O2. The average molecular weight is 516 g/mol. The number of rotatable bonds is 5. The lowest BCUT2D eigenvalue weighted by atomic mass is 10.0. The Hall–Kier alpha value is -3.84. The molecular weight excluding hydrogens is 497 g/mol. The number of ether oxygens (including phenoxy) is 1. The first kappa shape index (κ1) is 22.0. The normalized spacial score (nSPS) is 11.5. The lowest BCUT2D eigenvalue weighted by molar-refractivity contribution is 0.306. The standard InChI is InChI=1S/C27H19BrFN3O2/c1-17-31-25-12-9-20(28)14-23(25)27(33)32(17)30-15-24-22-5-3-2-4-19(22)8-13-26(24)34-16-18-6-10-21(29)11-7-18/h2-15H,16H2,1H3. The van der Waals surface area contributed by atoms with Gasteiger partial charge in [0, 0.05) is 10.0 Å². The molecule has 0 saturated heterocycles. The fraction of sp³-hybridized carbons (Fsp3) is 0.0741. The van der Waals surface area contributed by atoms with Crippen LogP contribution in [0.1, 0.15) is 17.0 Å². The number of hydrogen-bond acceptors (Lipinski definition) is 4. The molecule has 0 unspecified atom stereocenters. The third-order valence-electron chi connectivity index (χ3n) is 5.51. The van der Waals surface area contributed by atoms with Gasteiger partial charge in [0.15, 0.2) is 0 Å². The minimum Gasteiger partial charge on any atom is -0.488 e. The number of hydrogen-bond donors (Lipinski definition) is 0. The van der Waals surface area contributed by atoms with E-state index >= 15 is 0 Å². The zero-order valence-electron chi connectivity index (χ0n) is 18.2. The predicted octanol–water partition coefficient (Wildman–Crippen LogP) is 6.22. The van der Waals surface area contributed by atoms with E-state index in [9.17, 15) is 9.18 Å². The van der Waals surface area contributed by atoms with Gasteiger partial charge < -0.3 is 4.74 Å². The zero-order chi connectivity index (χ0) is 23.7. The molecule has 0 aliphatic rings. The quantitative estimate of drug-likeness (QED) is 0.261. The van der Waals surface area contributed by atoms with Gasteiger partial charge in [-0.3, -0.25) is 4.79 Å². The summed E-state index contributed by atoms with van der Waals surface area (Å²) >= 11 is 3.41. The van der Waals surface area contributed by atoms with Gasteiger partial charge in [-0.15, -0.1) is 0 Å². The molecule has 0 saturated carbocycles. The molecule has 168 valence electrons. The highest BCUT2D eigenvalue weighted by atomic mass is 79.9. The molecule has 0 atom stereocenters. The van der Waals surface area contributed by atoms with E-state index in [-0.39, 0.29) is 18.0 Å². The number of fused-ring (bicyclic) bond motifs is 2. The van der Waals surface area contributed by atoms with Crippen LogP contribution in [0.5, 0.6) is 5.75 Å². The second-order valence-corrected chi connectivity index (χ2v) is 8.71. The maximum absolute atomic E-state index is 13.2. The second-order valence-electron chi connectivity index (χ2n) is 7.80. The molecule has 1 heterocycles. The van der Waals surface area contributed by atoms with Gasteiger partial charge in [-0.25, -0.2) is 9.37 Å². The summed E-state index contributed by atoms with van der Waals surface area (Å²) in [6.45, 7) is 2.01. The summed E-state index contributed by atoms with van der Waals surface area (Å²) in [6.07, 6.45) is 1.63. The van der Waals surface area contributed by atoms with Crippen LogP contribution in [-0.2, 0) is 6.61 Å². The van der Waals surface area contributed by atoms with Gasteiger partial charge in [0.25, 0.3) is 5.56 Å². The Kier molecular flexibility index (Phi) is 5.94. The van der Waals surface area contributed by atoms with E-state index in [1.807, 2.05) is 42.5 Å². The van der Waals surface area contributed by atoms with Crippen molar-refractivity contribution in [3.63, 3.8) is 0 Å². The highest BCUT2D eigenvalue weighted by Crippen LogP contribution is 2.27. The summed E-state index contributed by atoms with van der Waals surface area (Å²) in [5, 5.41) is 6.93. The first-order valence-electron chi connectivity index (χ1n) is 10.6. The summed E-state index contributed by atoms with van der Waals surface area (Å²) in [5.41, 5.74) is 1.94. The smallest absolute Gasteiger partial charge is 0.282 e. The van der Waals surface area contributed by atoms with Crippen molar-refractivity contribution in [1.29, 1.82) is 0 Å². The van der Waals surface area contributed by atoms with Gasteiger partial charge in [0.2, 0.25) is 0 Å². The third-order valence-corrected chi connectivity index (χ3v) is 6.00. The van der Waals surface area contributed by atoms with Crippen LogP contribution in [-0.4, -0.2) is 15.9 Å². The van der Waals surface area contributed by atoms with Crippen LogP contribution in [0.25, 0.3) is 21.7 Å². The van der Waals surface area contributed by atoms with Crippen molar-refractivity contribution in [1.82, 2.24) is 9.66 Å². The van der Waals surface area contributed by atoms with Gasteiger partial charge in [-0.1, -0.05) is 58.4 Å². The van der Waals surface area contributed by atoms with Crippen LogP contribution >= 0.6 is 15.9 Å². The molecule has 0 aliphatic heterocycles. The maximum atomic E-state index is 13.2. The minimum absolute atomic E-state index is 0.255. The van der Waals surface area contributed by atoms with Crippen LogP contribution in [0, 0.1) is 12.7 Å². The molecule has 5 nitrogen and oxygen atoms in total. The van der Waals surface area contributed by atoms with E-state index in [0.29, 0.717) is 22.5 Å². The van der Waals surface area contributed by atoms with E-state index in [2.05, 4.69) is 26.0 Å². The molecule has 0 amide bonds. The molecule has 0 aliphatic carbocycles. The molecule has 4 aromatic carbocycles. The van der Waals surface area contributed by atoms with Crippen molar-refractivity contribution in [2.75, 3.05) is 0 Å². The van der Waals surface area contributed by atoms with Crippen molar-refractivity contribution >= 4 is 43.8 Å². The van der Waals surface area contributed by atoms with Gasteiger partial charge in [-0.2, -0.15) is 9.78 Å². The Balaban J connectivity index is 1.58. The monoisotopic (exact) mass is 515 g/mol. The molecule has 1 aromatic heterocycles. The Morgan fingerprint density at radius 2 is 1.82 bits per heavy atom. The topological polar surface area (TPSA) is 56.5 Å². The molecule has 0 fully saturated rings. The number of halogens is 2. The Morgan fingerprint density at radius 3 is 2.65 bits per heavy atom. The third kappa shape index (κ3) is 4.34. The van der Waals surface area contributed by atoms with E-state index in [0.717, 1.165) is 26.4 Å². The number of nitrogens with zero attached hydrogens (tertiary/aromatic N) is 3. The Bertz CT molecular complexity index is 1610. The SMILES string of the molecule is Cc1nc2ccc(Br)cc2c(=O)n1N=Cc1c(OCc2ccc(F)cc2)ccc2ccccc12. The van der Waals surface area contributed by atoms with Crippen molar-refractivity contribution in [3.05, 3.63) is 116 Å².